The number of nitrogens with one attached hydrogen (secondary N) is 1. The number of fused-ring (bicyclic) bond motifs is 1. The van der Waals surface area contributed by atoms with Crippen LogP contribution in [0.4, 0.5) is 11.8 Å². The maximum atomic E-state index is 5.96. The molecule has 37 heavy (non-hydrogen) atoms. The van der Waals surface area contributed by atoms with Crippen molar-refractivity contribution >= 4 is 22.8 Å². The highest BCUT2D eigenvalue weighted by atomic mass is 16.5. The van der Waals surface area contributed by atoms with Gasteiger partial charge in [-0.05, 0) is 44.2 Å². The summed E-state index contributed by atoms with van der Waals surface area (Å²) in [6.45, 7) is 13.7. The van der Waals surface area contributed by atoms with Gasteiger partial charge in [-0.3, -0.25) is 0 Å². The molecule has 1 aromatic carbocycles. The number of aromatic nitrogens is 3. The zero-order chi connectivity index (χ0) is 25.9. The number of rotatable bonds is 7. The van der Waals surface area contributed by atoms with Gasteiger partial charge in [0.2, 0.25) is 5.95 Å². The lowest BCUT2D eigenvalue weighted by molar-refractivity contribution is -0.00570. The van der Waals surface area contributed by atoms with Crippen molar-refractivity contribution in [3.05, 3.63) is 35.9 Å². The van der Waals surface area contributed by atoms with E-state index in [-0.39, 0.29) is 12.2 Å². The summed E-state index contributed by atoms with van der Waals surface area (Å²) in [5.41, 5.74) is 3.71. The Morgan fingerprint density at radius 1 is 1.00 bits per heavy atom. The minimum Gasteiger partial charge on any atom is -0.496 e. The minimum absolute atomic E-state index is 0.117. The fourth-order valence-corrected chi connectivity index (χ4v) is 5.03. The lowest BCUT2D eigenvalue weighted by atomic mass is 10.1. The van der Waals surface area contributed by atoms with Gasteiger partial charge in [-0.1, -0.05) is 13.8 Å². The van der Waals surface area contributed by atoms with Crippen molar-refractivity contribution in [3.63, 3.8) is 0 Å². The van der Waals surface area contributed by atoms with Crippen LogP contribution in [0.1, 0.15) is 33.3 Å². The molecule has 2 fully saturated rings. The fraction of sp³-hybridized carbons (Fsp3) is 0.536. The maximum absolute atomic E-state index is 5.96. The summed E-state index contributed by atoms with van der Waals surface area (Å²) in [5, 5.41) is 4.44. The third-order valence-corrected chi connectivity index (χ3v) is 6.82. The molecule has 2 atom stereocenters. The SMILES string of the molecule is COc1ccc(-c2ccc3c(N4CCOCC4)nc(N4CC(C)OC(C)C4)nc3n2)cc1CNC(C)C. The van der Waals surface area contributed by atoms with Gasteiger partial charge in [-0.15, -0.1) is 0 Å². The number of hydrogen-bond acceptors (Lipinski definition) is 9. The van der Waals surface area contributed by atoms with Gasteiger partial charge in [0, 0.05) is 49.9 Å². The number of hydrogen-bond donors (Lipinski definition) is 1. The molecule has 4 heterocycles. The van der Waals surface area contributed by atoms with Crippen LogP contribution in [0.3, 0.4) is 0 Å². The predicted octanol–water partition coefficient (Wildman–Crippen LogP) is 3.65. The van der Waals surface area contributed by atoms with Crippen LogP contribution in [-0.2, 0) is 16.0 Å². The Morgan fingerprint density at radius 3 is 2.46 bits per heavy atom. The van der Waals surface area contributed by atoms with Crippen molar-refractivity contribution in [1.82, 2.24) is 20.3 Å². The summed E-state index contributed by atoms with van der Waals surface area (Å²) in [6.07, 6.45) is 0.234. The largest absolute Gasteiger partial charge is 0.496 e. The van der Waals surface area contributed by atoms with E-state index in [1.165, 1.54) is 0 Å². The highest BCUT2D eigenvalue weighted by Gasteiger charge is 2.26. The Labute approximate surface area is 219 Å². The number of nitrogens with zero attached hydrogens (tertiary/aromatic N) is 5. The number of methoxy groups -OCH3 is 1. The van der Waals surface area contributed by atoms with Gasteiger partial charge in [-0.25, -0.2) is 4.98 Å². The molecule has 1 N–H and O–H groups in total. The third kappa shape index (κ3) is 5.79. The monoisotopic (exact) mass is 506 g/mol. The van der Waals surface area contributed by atoms with Crippen molar-refractivity contribution in [2.75, 3.05) is 56.3 Å². The molecule has 0 amide bonds. The predicted molar refractivity (Wildman–Crippen MR) is 147 cm³/mol. The lowest BCUT2D eigenvalue weighted by Gasteiger charge is -2.36. The summed E-state index contributed by atoms with van der Waals surface area (Å²) in [4.78, 5) is 19.6. The molecule has 2 saturated heterocycles. The number of morpholine rings is 2. The van der Waals surface area contributed by atoms with Crippen molar-refractivity contribution in [2.24, 2.45) is 0 Å². The van der Waals surface area contributed by atoms with E-state index in [4.69, 9.17) is 29.2 Å². The molecular weight excluding hydrogens is 468 g/mol. The van der Waals surface area contributed by atoms with Gasteiger partial charge in [0.1, 0.15) is 11.6 Å². The maximum Gasteiger partial charge on any atom is 0.229 e. The van der Waals surface area contributed by atoms with E-state index in [1.807, 2.05) is 6.07 Å². The molecule has 5 rings (SSSR count). The molecule has 2 aliphatic rings. The van der Waals surface area contributed by atoms with Crippen molar-refractivity contribution in [1.29, 1.82) is 0 Å². The zero-order valence-corrected chi connectivity index (χ0v) is 22.5. The van der Waals surface area contributed by atoms with Gasteiger partial charge < -0.3 is 29.3 Å². The highest BCUT2D eigenvalue weighted by molar-refractivity contribution is 5.90. The van der Waals surface area contributed by atoms with Crippen LogP contribution >= 0.6 is 0 Å². The van der Waals surface area contributed by atoms with E-state index in [0.717, 1.165) is 66.5 Å². The summed E-state index contributed by atoms with van der Waals surface area (Å²) in [6, 6.07) is 10.8. The van der Waals surface area contributed by atoms with Crippen molar-refractivity contribution < 1.29 is 14.2 Å². The quantitative estimate of drug-likeness (QED) is 0.516. The van der Waals surface area contributed by atoms with Gasteiger partial charge >= 0.3 is 0 Å². The van der Waals surface area contributed by atoms with E-state index in [1.54, 1.807) is 7.11 Å². The summed E-state index contributed by atoms with van der Waals surface area (Å²) in [5.74, 6) is 2.50. The first-order valence-corrected chi connectivity index (χ1v) is 13.2. The van der Waals surface area contributed by atoms with Gasteiger partial charge in [0.05, 0.1) is 43.6 Å². The van der Waals surface area contributed by atoms with Gasteiger partial charge in [0.15, 0.2) is 5.65 Å². The summed E-state index contributed by atoms with van der Waals surface area (Å²) in [7, 11) is 1.71. The summed E-state index contributed by atoms with van der Waals surface area (Å²) < 4.78 is 17.2. The van der Waals surface area contributed by atoms with Crippen LogP contribution in [0.25, 0.3) is 22.3 Å². The van der Waals surface area contributed by atoms with Crippen molar-refractivity contribution in [2.45, 2.75) is 52.5 Å². The molecule has 2 unspecified atom stereocenters. The van der Waals surface area contributed by atoms with E-state index in [0.29, 0.717) is 30.9 Å². The first kappa shape index (κ1) is 25.6. The Bertz CT molecular complexity index is 1220. The molecule has 198 valence electrons. The minimum atomic E-state index is 0.117. The molecule has 9 heteroatoms. The van der Waals surface area contributed by atoms with Gasteiger partial charge in [-0.2, -0.15) is 9.97 Å². The molecule has 0 saturated carbocycles. The fourth-order valence-electron chi connectivity index (χ4n) is 5.03. The molecule has 0 radical (unpaired) electrons. The average molecular weight is 507 g/mol. The van der Waals surface area contributed by atoms with Crippen LogP contribution in [0.5, 0.6) is 5.75 Å². The smallest absolute Gasteiger partial charge is 0.229 e. The molecule has 3 aromatic rings. The topological polar surface area (TPSA) is 84.9 Å². The number of anilines is 2. The van der Waals surface area contributed by atoms with E-state index in [2.05, 4.69) is 67.1 Å². The highest BCUT2D eigenvalue weighted by Crippen LogP contribution is 2.31. The van der Waals surface area contributed by atoms with E-state index in [9.17, 15) is 0 Å². The average Bonchev–Trinajstić information content (AvgIpc) is 2.90. The van der Waals surface area contributed by atoms with Crippen molar-refractivity contribution in [3.8, 4) is 17.0 Å². The van der Waals surface area contributed by atoms with E-state index < -0.39 is 0 Å². The standard InChI is InChI=1S/C28H38N6O3/c1-18(2)29-15-22-14-21(6-9-25(22)35-5)24-8-7-23-26(30-24)31-28(34-16-19(3)37-20(4)17-34)32-27(23)33-10-12-36-13-11-33/h6-9,14,18-20,29H,10-13,15-17H2,1-5H3. The van der Waals surface area contributed by atoms with E-state index >= 15 is 0 Å². The lowest BCUT2D eigenvalue weighted by Crippen LogP contribution is -2.46. The summed E-state index contributed by atoms with van der Waals surface area (Å²) >= 11 is 0. The second-order valence-corrected chi connectivity index (χ2v) is 10.2. The number of ether oxygens (including phenoxy) is 3. The third-order valence-electron chi connectivity index (χ3n) is 6.82. The molecule has 2 aliphatic heterocycles. The zero-order valence-electron chi connectivity index (χ0n) is 22.5. The van der Waals surface area contributed by atoms with Crippen LogP contribution in [0, 0.1) is 0 Å². The molecule has 2 aromatic heterocycles. The van der Waals surface area contributed by atoms with Gasteiger partial charge in [0.25, 0.3) is 0 Å². The first-order chi connectivity index (χ1) is 17.9. The molecule has 0 bridgehead atoms. The molecular formula is C28H38N6O3. The second-order valence-electron chi connectivity index (χ2n) is 10.2. The Balaban J connectivity index is 1.57. The van der Waals surface area contributed by atoms with Crippen LogP contribution in [0.15, 0.2) is 30.3 Å². The molecule has 0 spiro atoms. The Kier molecular flexibility index (Phi) is 7.73. The molecule has 9 nitrogen and oxygen atoms in total. The Hall–Kier alpha value is -3.01. The van der Waals surface area contributed by atoms with Crippen LogP contribution in [-0.4, -0.2) is 79.7 Å². The number of benzene rings is 1. The normalized spacial score (nSPS) is 20.6. The van der Waals surface area contributed by atoms with Crippen LogP contribution < -0.4 is 19.9 Å². The Morgan fingerprint density at radius 2 is 1.76 bits per heavy atom. The first-order valence-electron chi connectivity index (χ1n) is 13.2. The molecule has 0 aliphatic carbocycles. The second kappa shape index (κ2) is 11.2. The number of pyridine rings is 1. The van der Waals surface area contributed by atoms with Crippen LogP contribution in [0.2, 0.25) is 0 Å².